The van der Waals surface area contributed by atoms with Crippen LogP contribution in [-0.2, 0) is 37.5 Å². The molecule has 3 unspecified atom stereocenters. The maximum Gasteiger partial charge on any atom is 0.472 e. The first-order chi connectivity index (χ1) is 29.9. The van der Waals surface area contributed by atoms with Gasteiger partial charge in [-0.25, -0.2) is 4.57 Å². The van der Waals surface area contributed by atoms with E-state index in [1.807, 2.05) is 30.4 Å². The van der Waals surface area contributed by atoms with Crippen molar-refractivity contribution in [2.45, 2.75) is 154 Å². The van der Waals surface area contributed by atoms with Gasteiger partial charge in [0.15, 0.2) is 6.10 Å². The van der Waals surface area contributed by atoms with E-state index in [2.05, 4.69) is 91.3 Å². The molecular formula is C48H76NO12P. The summed E-state index contributed by atoms with van der Waals surface area (Å²) in [5, 5.41) is 29.6. The van der Waals surface area contributed by atoms with Crippen LogP contribution in [0.5, 0.6) is 0 Å². The maximum atomic E-state index is 12.6. The smallest absolute Gasteiger partial charge is 0.472 e. The largest absolute Gasteiger partial charge is 0.480 e. The summed E-state index contributed by atoms with van der Waals surface area (Å²) in [6.45, 7) is 2.26. The van der Waals surface area contributed by atoms with Crippen molar-refractivity contribution in [3.63, 3.8) is 0 Å². The van der Waals surface area contributed by atoms with Crippen LogP contribution >= 0.6 is 7.82 Å². The summed E-state index contributed by atoms with van der Waals surface area (Å²) in [7, 11) is -4.82. The number of ether oxygens (including phenoxy) is 2. The molecule has 0 fully saturated rings. The topological polar surface area (TPSA) is 212 Å². The standard InChI is InChI=1S/C48H76NO12P/c1-3-5-7-9-11-13-15-17-18-19-20-21-22-23-25-27-29-31-33-37-47(53)61-42(40-59-62(56,57)60-41-43(49)48(54)55)39-58-46(52)38-34-36-45(51)44(50)35-32-30-28-26-24-16-14-12-10-8-6-4-2/h5,7,11-14,17-18,20-21,23-26,29-32,42-45,50-51H,3-4,6,8-10,15-16,19,22,27-28,33-41,49H2,1-2H3,(H,54,55)(H,56,57)/b7-5-,13-11-,14-12-,18-17-,21-20-,25-23-,26-24-,31-29-,32-30-/t42-,43+,44?,45?/m1/s1. The molecule has 6 N–H and O–H groups in total. The second kappa shape index (κ2) is 41.1. The molecule has 0 aromatic rings. The van der Waals surface area contributed by atoms with Gasteiger partial charge in [0.05, 0.1) is 25.4 Å². The molecule has 0 rings (SSSR count). The van der Waals surface area contributed by atoms with E-state index >= 15 is 0 Å². The van der Waals surface area contributed by atoms with E-state index in [1.54, 1.807) is 6.08 Å². The van der Waals surface area contributed by atoms with E-state index in [0.29, 0.717) is 19.3 Å². The molecule has 0 saturated carbocycles. The van der Waals surface area contributed by atoms with E-state index in [1.165, 1.54) is 19.3 Å². The van der Waals surface area contributed by atoms with E-state index in [-0.39, 0.29) is 32.1 Å². The highest BCUT2D eigenvalue weighted by molar-refractivity contribution is 7.47. The van der Waals surface area contributed by atoms with Gasteiger partial charge in [-0.2, -0.15) is 0 Å². The van der Waals surface area contributed by atoms with Crippen molar-refractivity contribution < 1.29 is 57.7 Å². The number of carboxylic acids is 1. The molecule has 0 aliphatic heterocycles. The highest BCUT2D eigenvalue weighted by Gasteiger charge is 2.28. The van der Waals surface area contributed by atoms with Gasteiger partial charge in [-0.05, 0) is 89.9 Å². The van der Waals surface area contributed by atoms with Crippen LogP contribution in [-0.4, -0.2) is 82.3 Å². The second-order valence-electron chi connectivity index (χ2n) is 14.4. The Morgan fingerprint density at radius 3 is 1.58 bits per heavy atom. The quantitative estimate of drug-likeness (QED) is 0.0169. The molecule has 0 aromatic heterocycles. The number of aliphatic carboxylic acids is 1. The van der Waals surface area contributed by atoms with Crippen molar-refractivity contribution in [2.24, 2.45) is 5.73 Å². The lowest BCUT2D eigenvalue weighted by molar-refractivity contribution is -0.161. The number of carbonyl (C=O) groups is 3. The minimum absolute atomic E-state index is 0.0314. The molecule has 0 heterocycles. The van der Waals surface area contributed by atoms with Gasteiger partial charge in [0.1, 0.15) is 12.6 Å². The number of unbranched alkanes of at least 4 members (excludes halogenated alkanes) is 3. The van der Waals surface area contributed by atoms with Gasteiger partial charge in [0.2, 0.25) is 0 Å². The van der Waals surface area contributed by atoms with E-state index < -0.39 is 69.9 Å². The fraction of sp³-hybridized carbons (Fsp3) is 0.562. The fourth-order valence-corrected chi connectivity index (χ4v) is 5.91. The Morgan fingerprint density at radius 2 is 1.06 bits per heavy atom. The van der Waals surface area contributed by atoms with Gasteiger partial charge >= 0.3 is 25.7 Å². The van der Waals surface area contributed by atoms with E-state index in [9.17, 15) is 34.1 Å². The van der Waals surface area contributed by atoms with Crippen molar-refractivity contribution >= 4 is 25.7 Å². The third-order valence-corrected chi connectivity index (χ3v) is 9.67. The highest BCUT2D eigenvalue weighted by Crippen LogP contribution is 2.43. The average Bonchev–Trinajstić information content (AvgIpc) is 3.24. The van der Waals surface area contributed by atoms with Crippen LogP contribution in [0.3, 0.4) is 0 Å². The van der Waals surface area contributed by atoms with Crippen molar-refractivity contribution in [3.8, 4) is 0 Å². The summed E-state index contributed by atoms with van der Waals surface area (Å²) < 4.78 is 32.4. The number of carboxylic acid groups (broad SMARTS) is 1. The molecule has 14 heteroatoms. The Bertz CT molecular complexity index is 1500. The minimum Gasteiger partial charge on any atom is -0.480 e. The van der Waals surface area contributed by atoms with Gasteiger partial charge in [-0.3, -0.25) is 23.4 Å². The highest BCUT2D eigenvalue weighted by atomic mass is 31.2. The number of aliphatic hydroxyl groups is 2. The first kappa shape index (κ1) is 58.1. The summed E-state index contributed by atoms with van der Waals surface area (Å²) in [4.78, 5) is 46.0. The molecular weight excluding hydrogens is 813 g/mol. The molecule has 62 heavy (non-hydrogen) atoms. The Morgan fingerprint density at radius 1 is 0.581 bits per heavy atom. The molecule has 0 aliphatic carbocycles. The lowest BCUT2D eigenvalue weighted by Gasteiger charge is -2.20. The number of phosphoric ester groups is 1. The lowest BCUT2D eigenvalue weighted by atomic mass is 10.0. The number of hydrogen-bond acceptors (Lipinski definition) is 11. The number of rotatable bonds is 39. The molecule has 0 radical (unpaired) electrons. The molecule has 0 amide bonds. The minimum atomic E-state index is -4.82. The van der Waals surface area contributed by atoms with Crippen LogP contribution in [0.15, 0.2) is 109 Å². The monoisotopic (exact) mass is 890 g/mol. The molecule has 0 spiro atoms. The number of aliphatic hydroxyl groups excluding tert-OH is 2. The average molecular weight is 890 g/mol. The van der Waals surface area contributed by atoms with Gasteiger partial charge in [0.25, 0.3) is 0 Å². The van der Waals surface area contributed by atoms with E-state index in [4.69, 9.17) is 24.8 Å². The third-order valence-electron chi connectivity index (χ3n) is 8.72. The molecule has 13 nitrogen and oxygen atoms in total. The molecule has 350 valence electrons. The first-order valence-corrected chi connectivity index (χ1v) is 23.6. The summed E-state index contributed by atoms with van der Waals surface area (Å²) in [5.74, 6) is -2.82. The zero-order valence-electron chi connectivity index (χ0n) is 37.1. The predicted octanol–water partition coefficient (Wildman–Crippen LogP) is 9.78. The van der Waals surface area contributed by atoms with E-state index in [0.717, 1.165) is 44.9 Å². The Labute approximate surface area is 371 Å². The van der Waals surface area contributed by atoms with Gasteiger partial charge in [0, 0.05) is 12.8 Å². The normalized spacial score (nSPS) is 15.7. The van der Waals surface area contributed by atoms with Crippen LogP contribution in [0.1, 0.15) is 129 Å². The maximum absolute atomic E-state index is 12.6. The fourth-order valence-electron chi connectivity index (χ4n) is 5.13. The summed E-state index contributed by atoms with van der Waals surface area (Å²) >= 11 is 0. The molecule has 0 aromatic carbocycles. The van der Waals surface area contributed by atoms with Crippen molar-refractivity contribution in [1.29, 1.82) is 0 Å². The van der Waals surface area contributed by atoms with Crippen molar-refractivity contribution in [2.75, 3.05) is 19.8 Å². The van der Waals surface area contributed by atoms with Crippen LogP contribution in [0.25, 0.3) is 0 Å². The SMILES string of the molecule is CC/C=C\C/C=C\C/C=C\C/C=C\C/C=C\C/C=C\CCC(=O)O[C@H](COC(=O)CCCC(O)C(O)C/C=C\C/C=C\C/C=C\CCCCC)COP(=O)(O)OC[C@H](N)C(=O)O. The zero-order valence-corrected chi connectivity index (χ0v) is 38.0. The molecule has 0 aliphatic rings. The van der Waals surface area contributed by atoms with Crippen LogP contribution < -0.4 is 5.73 Å². The summed E-state index contributed by atoms with van der Waals surface area (Å²) in [5.41, 5.74) is 5.31. The van der Waals surface area contributed by atoms with Gasteiger partial charge < -0.3 is 35.4 Å². The number of nitrogens with two attached hydrogens (primary N) is 1. The first-order valence-electron chi connectivity index (χ1n) is 22.1. The summed E-state index contributed by atoms with van der Waals surface area (Å²) in [6.07, 6.45) is 46.3. The predicted molar refractivity (Wildman–Crippen MR) is 247 cm³/mol. The zero-order chi connectivity index (χ0) is 45.9. The summed E-state index contributed by atoms with van der Waals surface area (Å²) in [6, 6.07) is -1.58. The number of allylic oxidation sites excluding steroid dienone is 17. The van der Waals surface area contributed by atoms with Gasteiger partial charge in [-0.15, -0.1) is 0 Å². The molecule has 0 saturated heterocycles. The van der Waals surface area contributed by atoms with Crippen molar-refractivity contribution in [3.05, 3.63) is 109 Å². The molecule has 5 atom stereocenters. The van der Waals surface area contributed by atoms with Crippen molar-refractivity contribution in [1.82, 2.24) is 0 Å². The number of phosphoric acid groups is 1. The Hall–Kier alpha value is -3.94. The Balaban J connectivity index is 4.74. The number of hydrogen-bond donors (Lipinski definition) is 5. The second-order valence-corrected chi connectivity index (χ2v) is 15.9. The number of esters is 2. The lowest BCUT2D eigenvalue weighted by Crippen LogP contribution is -2.34. The van der Waals surface area contributed by atoms with Crippen LogP contribution in [0.2, 0.25) is 0 Å². The van der Waals surface area contributed by atoms with Crippen LogP contribution in [0, 0.1) is 0 Å². The van der Waals surface area contributed by atoms with Crippen LogP contribution in [0.4, 0.5) is 0 Å². The molecule has 0 bridgehead atoms. The Kier molecular flexibility index (Phi) is 38.5. The number of carbonyl (C=O) groups excluding carboxylic acids is 2. The van der Waals surface area contributed by atoms with Gasteiger partial charge in [-0.1, -0.05) is 136 Å². The third kappa shape index (κ3) is 38.9.